The third kappa shape index (κ3) is 3.69. The van der Waals surface area contributed by atoms with Gasteiger partial charge in [-0.2, -0.15) is 13.7 Å². The molecule has 2 aliphatic rings. The summed E-state index contributed by atoms with van der Waals surface area (Å²) in [4.78, 5) is 7.93. The minimum Gasteiger partial charge on any atom is -0.436 e. The van der Waals surface area contributed by atoms with E-state index in [0.717, 1.165) is 8.61 Å². The second-order valence-electron chi connectivity index (χ2n) is 7.95. The Bertz CT molecular complexity index is 1460. The Morgan fingerprint density at radius 2 is 1.94 bits per heavy atom. The molecule has 5 rings (SSSR count). The predicted octanol–water partition coefficient (Wildman–Crippen LogP) is 4.62. The highest BCUT2D eigenvalue weighted by Crippen LogP contribution is 2.52. The van der Waals surface area contributed by atoms with Gasteiger partial charge in [-0.15, -0.1) is 0 Å². The topological polar surface area (TPSA) is 99.4 Å². The fourth-order valence-corrected chi connectivity index (χ4v) is 5.43. The molecule has 1 fully saturated rings. The zero-order valence-electron chi connectivity index (χ0n) is 17.6. The van der Waals surface area contributed by atoms with Gasteiger partial charge in [-0.3, -0.25) is 8.61 Å². The van der Waals surface area contributed by atoms with Crippen molar-refractivity contribution in [3.63, 3.8) is 0 Å². The Labute approximate surface area is 199 Å². The van der Waals surface area contributed by atoms with Gasteiger partial charge in [0.2, 0.25) is 0 Å². The van der Waals surface area contributed by atoms with Crippen molar-refractivity contribution in [1.29, 1.82) is 5.26 Å². The minimum absolute atomic E-state index is 0.0686. The molecule has 1 aliphatic carbocycles. The molecule has 0 bridgehead atoms. The highest BCUT2D eigenvalue weighted by Gasteiger charge is 2.59. The molecule has 2 heterocycles. The number of nitrogens with zero attached hydrogens (tertiary/aromatic N) is 5. The van der Waals surface area contributed by atoms with Crippen LogP contribution >= 0.6 is 11.6 Å². The summed E-state index contributed by atoms with van der Waals surface area (Å²) in [5.41, 5.74) is 2.00. The average molecular weight is 504 g/mol. The third-order valence-electron chi connectivity index (χ3n) is 5.81. The predicted molar refractivity (Wildman–Crippen MR) is 121 cm³/mol. The van der Waals surface area contributed by atoms with Crippen LogP contribution in [-0.4, -0.2) is 37.9 Å². The summed E-state index contributed by atoms with van der Waals surface area (Å²) in [5.74, 6) is -3.42. The van der Waals surface area contributed by atoms with Crippen molar-refractivity contribution in [3.8, 4) is 28.8 Å². The normalized spacial score (nSPS) is 19.4. The van der Waals surface area contributed by atoms with E-state index in [0.29, 0.717) is 33.8 Å². The van der Waals surface area contributed by atoms with Gasteiger partial charge in [0.05, 0.1) is 23.0 Å². The lowest BCUT2D eigenvalue weighted by atomic mass is 9.99. The van der Waals surface area contributed by atoms with Crippen molar-refractivity contribution in [2.45, 2.75) is 12.3 Å². The summed E-state index contributed by atoms with van der Waals surface area (Å²) >= 11 is 6.00. The number of fused-ring (bicyclic) bond motifs is 1. The molecule has 1 atom stereocenters. The first-order valence-corrected chi connectivity index (χ1v) is 11.9. The summed E-state index contributed by atoms with van der Waals surface area (Å²) in [6.45, 7) is -0.294. The van der Waals surface area contributed by atoms with Crippen LogP contribution in [-0.2, 0) is 10.2 Å². The molecule has 0 amide bonds. The lowest BCUT2D eigenvalue weighted by molar-refractivity contribution is 0.101. The van der Waals surface area contributed by atoms with Crippen LogP contribution in [0.3, 0.4) is 0 Å². The molecule has 34 heavy (non-hydrogen) atoms. The van der Waals surface area contributed by atoms with Gasteiger partial charge in [0.25, 0.3) is 11.8 Å². The van der Waals surface area contributed by atoms with Gasteiger partial charge >= 0.3 is 10.2 Å². The van der Waals surface area contributed by atoms with Crippen molar-refractivity contribution in [3.05, 3.63) is 59.5 Å². The Morgan fingerprint density at radius 3 is 2.62 bits per heavy atom. The highest BCUT2D eigenvalue weighted by atomic mass is 35.5. The SMILES string of the molecule is CN1c2cc(-c3cc(Oc4nccnc4Cl)ccc3C#N)ccc2N(CC2CC2(F)F)S1(=O)=O. The first-order chi connectivity index (χ1) is 16.1. The van der Waals surface area contributed by atoms with Gasteiger partial charge in [0.15, 0.2) is 5.15 Å². The summed E-state index contributed by atoms with van der Waals surface area (Å²) in [5, 5.41) is 9.68. The van der Waals surface area contributed by atoms with E-state index >= 15 is 0 Å². The number of aromatic nitrogens is 2. The standard InChI is InChI=1S/C22H16ClF2N5O3S/c1-29-19-8-13(3-5-18(19)30(34(29,31)32)12-15-10-22(15,24)25)17-9-16(4-2-14(17)11-26)33-21-20(23)27-6-7-28-21/h2-9,15H,10,12H2,1H3. The van der Waals surface area contributed by atoms with E-state index in [4.69, 9.17) is 16.3 Å². The van der Waals surface area contributed by atoms with Crippen LogP contribution < -0.4 is 13.3 Å². The molecule has 8 nitrogen and oxygen atoms in total. The number of hydrogen-bond acceptors (Lipinski definition) is 6. The fraction of sp³-hybridized carbons (Fsp3) is 0.227. The second-order valence-corrected chi connectivity index (χ2v) is 10.2. The molecule has 2 aromatic carbocycles. The maximum absolute atomic E-state index is 13.5. The quantitative estimate of drug-likeness (QED) is 0.504. The maximum atomic E-state index is 13.5. The summed E-state index contributed by atoms with van der Waals surface area (Å²) in [7, 11) is -2.62. The van der Waals surface area contributed by atoms with E-state index in [2.05, 4.69) is 16.0 Å². The van der Waals surface area contributed by atoms with Crippen molar-refractivity contribution >= 4 is 33.2 Å². The zero-order valence-corrected chi connectivity index (χ0v) is 19.2. The second kappa shape index (κ2) is 7.78. The van der Waals surface area contributed by atoms with Crippen LogP contribution in [0.5, 0.6) is 11.6 Å². The van der Waals surface area contributed by atoms with Crippen LogP contribution in [0.1, 0.15) is 12.0 Å². The Morgan fingerprint density at radius 1 is 1.21 bits per heavy atom. The van der Waals surface area contributed by atoms with E-state index < -0.39 is 22.0 Å². The number of hydrogen-bond donors (Lipinski definition) is 0. The highest BCUT2D eigenvalue weighted by molar-refractivity contribution is 7.94. The molecular weight excluding hydrogens is 488 g/mol. The molecule has 0 saturated heterocycles. The number of benzene rings is 2. The molecule has 1 unspecified atom stereocenters. The van der Waals surface area contributed by atoms with Crippen LogP contribution in [0.2, 0.25) is 5.15 Å². The average Bonchev–Trinajstić information content (AvgIpc) is 3.38. The molecule has 1 aromatic heterocycles. The first-order valence-electron chi connectivity index (χ1n) is 10.1. The van der Waals surface area contributed by atoms with Crippen molar-refractivity contribution in [2.75, 3.05) is 22.2 Å². The fourth-order valence-electron chi connectivity index (χ4n) is 3.82. The van der Waals surface area contributed by atoms with E-state index in [1.165, 1.54) is 19.4 Å². The molecule has 0 spiro atoms. The van der Waals surface area contributed by atoms with Crippen molar-refractivity contribution in [2.24, 2.45) is 5.92 Å². The van der Waals surface area contributed by atoms with Gasteiger partial charge in [-0.1, -0.05) is 17.7 Å². The summed E-state index contributed by atoms with van der Waals surface area (Å²) < 4.78 is 60.5. The number of nitriles is 1. The zero-order chi connectivity index (χ0) is 24.3. The minimum atomic E-state index is -3.98. The van der Waals surface area contributed by atoms with Crippen LogP contribution in [0.25, 0.3) is 11.1 Å². The number of alkyl halides is 2. The van der Waals surface area contributed by atoms with Gasteiger partial charge in [-0.05, 0) is 35.9 Å². The van der Waals surface area contributed by atoms with Crippen molar-refractivity contribution in [1.82, 2.24) is 9.97 Å². The van der Waals surface area contributed by atoms with Gasteiger partial charge in [-0.25, -0.2) is 18.7 Å². The molecule has 1 saturated carbocycles. The lowest BCUT2D eigenvalue weighted by Gasteiger charge is -2.18. The molecule has 174 valence electrons. The number of halogens is 3. The monoisotopic (exact) mass is 503 g/mol. The van der Waals surface area contributed by atoms with Crippen LogP contribution in [0.15, 0.2) is 48.8 Å². The van der Waals surface area contributed by atoms with E-state index in [9.17, 15) is 22.5 Å². The Kier molecular flexibility index (Phi) is 5.11. The molecule has 0 radical (unpaired) electrons. The molecule has 3 aromatic rings. The summed E-state index contributed by atoms with van der Waals surface area (Å²) in [6, 6.07) is 11.7. The van der Waals surface area contributed by atoms with E-state index in [-0.39, 0.29) is 24.0 Å². The maximum Gasteiger partial charge on any atom is 0.326 e. The Balaban J connectivity index is 1.53. The van der Waals surface area contributed by atoms with Crippen LogP contribution in [0, 0.1) is 17.2 Å². The number of rotatable bonds is 5. The van der Waals surface area contributed by atoms with Crippen LogP contribution in [0.4, 0.5) is 20.2 Å². The van der Waals surface area contributed by atoms with Gasteiger partial charge < -0.3 is 4.74 Å². The third-order valence-corrected chi connectivity index (χ3v) is 7.86. The van der Waals surface area contributed by atoms with Gasteiger partial charge in [0, 0.05) is 43.9 Å². The summed E-state index contributed by atoms with van der Waals surface area (Å²) in [6.07, 6.45) is 2.51. The Hall–Kier alpha value is -3.49. The van der Waals surface area contributed by atoms with Gasteiger partial charge in [0.1, 0.15) is 5.75 Å². The lowest BCUT2D eigenvalue weighted by Crippen LogP contribution is -2.37. The first kappa shape index (κ1) is 22.3. The molecule has 12 heteroatoms. The van der Waals surface area contributed by atoms with E-state index in [1.807, 2.05) is 0 Å². The molecule has 0 N–H and O–H groups in total. The molecule has 1 aliphatic heterocycles. The molecular formula is C22H16ClF2N5O3S. The van der Waals surface area contributed by atoms with E-state index in [1.54, 1.807) is 36.4 Å². The largest absolute Gasteiger partial charge is 0.436 e. The number of ether oxygens (including phenoxy) is 1. The van der Waals surface area contributed by atoms with Crippen molar-refractivity contribution < 1.29 is 21.9 Å². The number of anilines is 2. The smallest absolute Gasteiger partial charge is 0.326 e.